The lowest BCUT2D eigenvalue weighted by atomic mass is 10.2. The fourth-order valence-corrected chi connectivity index (χ4v) is 3.13. The summed E-state index contributed by atoms with van der Waals surface area (Å²) in [4.78, 5) is 2.20. The molecule has 0 amide bonds. The average Bonchev–Trinajstić information content (AvgIpc) is 2.38. The molecular weight excluding hydrogens is 250 g/mol. The molecule has 0 radical (unpaired) electrons. The first kappa shape index (κ1) is 15.9. The maximum absolute atomic E-state index is 11.8. The molecule has 1 aliphatic rings. The number of nitrogens with zero attached hydrogens (tertiary/aromatic N) is 1. The van der Waals surface area contributed by atoms with E-state index in [-0.39, 0.29) is 5.75 Å². The Balaban J connectivity index is 2.10. The van der Waals surface area contributed by atoms with Crippen LogP contribution in [-0.4, -0.2) is 58.3 Å². The Bertz CT molecular complexity index is 300. The van der Waals surface area contributed by atoms with Crippen molar-refractivity contribution in [3.05, 3.63) is 0 Å². The van der Waals surface area contributed by atoms with Gasteiger partial charge in [-0.2, -0.15) is 0 Å². The molecule has 0 aliphatic carbocycles. The van der Waals surface area contributed by atoms with Gasteiger partial charge in [-0.15, -0.1) is 0 Å². The molecule has 0 aromatic carbocycles. The lowest BCUT2D eigenvalue weighted by Crippen LogP contribution is -2.45. The number of nitrogens with one attached hydrogen (secondary N) is 2. The van der Waals surface area contributed by atoms with Crippen molar-refractivity contribution in [1.29, 1.82) is 0 Å². The topological polar surface area (TPSA) is 61.4 Å². The fourth-order valence-electron chi connectivity index (χ4n) is 2.04. The van der Waals surface area contributed by atoms with E-state index in [1.807, 2.05) is 0 Å². The van der Waals surface area contributed by atoms with Crippen LogP contribution in [0.1, 0.15) is 32.6 Å². The van der Waals surface area contributed by atoms with Gasteiger partial charge in [-0.3, -0.25) is 4.90 Å². The molecule has 1 heterocycles. The number of piperazine rings is 1. The Labute approximate surface area is 111 Å². The van der Waals surface area contributed by atoms with Crippen LogP contribution in [0.3, 0.4) is 0 Å². The summed E-state index contributed by atoms with van der Waals surface area (Å²) in [5, 5.41) is 3.26. The molecule has 0 saturated carbocycles. The Morgan fingerprint density at radius 3 is 2.56 bits per heavy atom. The van der Waals surface area contributed by atoms with Gasteiger partial charge in [0.05, 0.1) is 5.75 Å². The summed E-state index contributed by atoms with van der Waals surface area (Å²) in [6.07, 6.45) is 4.41. The van der Waals surface area contributed by atoms with Gasteiger partial charge in [-0.1, -0.05) is 26.2 Å². The van der Waals surface area contributed by atoms with Crippen molar-refractivity contribution in [1.82, 2.24) is 14.9 Å². The molecule has 0 bridgehead atoms. The summed E-state index contributed by atoms with van der Waals surface area (Å²) >= 11 is 0. The van der Waals surface area contributed by atoms with Gasteiger partial charge in [0.1, 0.15) is 0 Å². The zero-order valence-corrected chi connectivity index (χ0v) is 12.3. The number of hydrogen-bond donors (Lipinski definition) is 2. The zero-order chi connectivity index (χ0) is 13.3. The lowest BCUT2D eigenvalue weighted by molar-refractivity contribution is 0.253. The second-order valence-electron chi connectivity index (χ2n) is 4.87. The minimum atomic E-state index is -3.08. The predicted molar refractivity (Wildman–Crippen MR) is 75.2 cm³/mol. The molecule has 2 N–H and O–H groups in total. The average molecular weight is 277 g/mol. The molecule has 0 atom stereocenters. The monoisotopic (exact) mass is 277 g/mol. The molecule has 1 saturated heterocycles. The molecule has 0 aromatic rings. The number of unbranched alkanes of at least 4 members (excludes halogenated alkanes) is 3. The van der Waals surface area contributed by atoms with Crippen molar-refractivity contribution in [3.8, 4) is 0 Å². The van der Waals surface area contributed by atoms with Crippen LogP contribution in [0, 0.1) is 0 Å². The Kier molecular flexibility index (Phi) is 7.81. The van der Waals surface area contributed by atoms with Gasteiger partial charge in [0.25, 0.3) is 0 Å². The van der Waals surface area contributed by atoms with E-state index in [9.17, 15) is 8.42 Å². The van der Waals surface area contributed by atoms with E-state index in [2.05, 4.69) is 21.9 Å². The molecule has 1 aliphatic heterocycles. The van der Waals surface area contributed by atoms with Crippen molar-refractivity contribution in [3.63, 3.8) is 0 Å². The maximum Gasteiger partial charge on any atom is 0.212 e. The third kappa shape index (κ3) is 7.31. The molecule has 5 nitrogen and oxygen atoms in total. The number of hydrogen-bond acceptors (Lipinski definition) is 4. The van der Waals surface area contributed by atoms with Gasteiger partial charge in [0, 0.05) is 39.3 Å². The van der Waals surface area contributed by atoms with Gasteiger partial charge >= 0.3 is 0 Å². The Morgan fingerprint density at radius 2 is 1.89 bits per heavy atom. The summed E-state index contributed by atoms with van der Waals surface area (Å²) in [6.45, 7) is 7.21. The minimum absolute atomic E-state index is 0.223. The van der Waals surface area contributed by atoms with Crippen molar-refractivity contribution < 1.29 is 8.42 Å². The van der Waals surface area contributed by atoms with Crippen molar-refractivity contribution >= 4 is 10.0 Å². The van der Waals surface area contributed by atoms with Gasteiger partial charge in [0.2, 0.25) is 10.0 Å². The summed E-state index contributed by atoms with van der Waals surface area (Å²) in [5.74, 6) is 0.223. The summed E-state index contributed by atoms with van der Waals surface area (Å²) in [6, 6.07) is 0. The van der Waals surface area contributed by atoms with Crippen LogP contribution in [-0.2, 0) is 10.0 Å². The quantitative estimate of drug-likeness (QED) is 0.599. The molecular formula is C12H27N3O2S. The highest BCUT2D eigenvalue weighted by Gasteiger charge is 2.14. The molecule has 1 fully saturated rings. The summed E-state index contributed by atoms with van der Waals surface area (Å²) < 4.78 is 26.2. The van der Waals surface area contributed by atoms with Crippen molar-refractivity contribution in [2.24, 2.45) is 0 Å². The Morgan fingerprint density at radius 1 is 1.17 bits per heavy atom. The van der Waals surface area contributed by atoms with Crippen LogP contribution >= 0.6 is 0 Å². The molecule has 6 heteroatoms. The second kappa shape index (κ2) is 8.85. The molecule has 18 heavy (non-hydrogen) atoms. The summed E-state index contributed by atoms with van der Waals surface area (Å²) in [7, 11) is -3.08. The molecule has 0 unspecified atom stereocenters. The van der Waals surface area contributed by atoms with Crippen LogP contribution in [0.4, 0.5) is 0 Å². The largest absolute Gasteiger partial charge is 0.314 e. The highest BCUT2D eigenvalue weighted by Crippen LogP contribution is 1.98. The highest BCUT2D eigenvalue weighted by molar-refractivity contribution is 7.89. The SMILES string of the molecule is CCCCCCNS(=O)(=O)CCN1CCNCC1. The van der Waals surface area contributed by atoms with Crippen LogP contribution in [0.15, 0.2) is 0 Å². The van der Waals surface area contributed by atoms with Crippen LogP contribution in [0.2, 0.25) is 0 Å². The minimum Gasteiger partial charge on any atom is -0.314 e. The van der Waals surface area contributed by atoms with Crippen molar-refractivity contribution in [2.45, 2.75) is 32.6 Å². The lowest BCUT2D eigenvalue weighted by Gasteiger charge is -2.26. The smallest absolute Gasteiger partial charge is 0.212 e. The van der Waals surface area contributed by atoms with E-state index in [4.69, 9.17) is 0 Å². The van der Waals surface area contributed by atoms with Crippen LogP contribution in [0.5, 0.6) is 0 Å². The van der Waals surface area contributed by atoms with Gasteiger partial charge in [0.15, 0.2) is 0 Å². The third-order valence-electron chi connectivity index (χ3n) is 3.24. The number of sulfonamides is 1. The third-order valence-corrected chi connectivity index (χ3v) is 4.60. The van der Waals surface area contributed by atoms with Crippen LogP contribution < -0.4 is 10.0 Å². The van der Waals surface area contributed by atoms with Gasteiger partial charge in [-0.05, 0) is 6.42 Å². The summed E-state index contributed by atoms with van der Waals surface area (Å²) in [5.41, 5.74) is 0. The van der Waals surface area contributed by atoms with E-state index >= 15 is 0 Å². The van der Waals surface area contributed by atoms with Crippen LogP contribution in [0.25, 0.3) is 0 Å². The van der Waals surface area contributed by atoms with Gasteiger partial charge in [-0.25, -0.2) is 13.1 Å². The molecule has 1 rings (SSSR count). The predicted octanol–water partition coefficient (Wildman–Crippen LogP) is 0.391. The number of rotatable bonds is 9. The molecule has 0 aromatic heterocycles. The normalized spacial score (nSPS) is 18.1. The van der Waals surface area contributed by atoms with E-state index in [0.29, 0.717) is 13.1 Å². The maximum atomic E-state index is 11.8. The highest BCUT2D eigenvalue weighted by atomic mass is 32.2. The second-order valence-corrected chi connectivity index (χ2v) is 6.79. The Hall–Kier alpha value is -0.170. The van der Waals surface area contributed by atoms with Gasteiger partial charge < -0.3 is 5.32 Å². The van der Waals surface area contributed by atoms with E-state index in [0.717, 1.165) is 39.0 Å². The first-order valence-corrected chi connectivity index (χ1v) is 8.69. The fraction of sp³-hybridized carbons (Fsp3) is 1.00. The first-order valence-electron chi connectivity index (χ1n) is 7.04. The molecule has 0 spiro atoms. The van der Waals surface area contributed by atoms with Crippen molar-refractivity contribution in [2.75, 3.05) is 45.0 Å². The first-order chi connectivity index (χ1) is 8.64. The molecule has 108 valence electrons. The van der Waals surface area contributed by atoms with E-state index in [1.54, 1.807) is 0 Å². The standard InChI is InChI=1S/C12H27N3O2S/c1-2-3-4-5-6-14-18(16,17)12-11-15-9-7-13-8-10-15/h13-14H,2-12H2,1H3. The van der Waals surface area contributed by atoms with E-state index in [1.165, 1.54) is 12.8 Å². The zero-order valence-electron chi connectivity index (χ0n) is 11.5. The van der Waals surface area contributed by atoms with E-state index < -0.39 is 10.0 Å².